The fraction of sp³-hybridized carbons (Fsp3) is 0.467. The molecule has 0 saturated carbocycles. The van der Waals surface area contributed by atoms with Crippen molar-refractivity contribution in [2.75, 3.05) is 13.1 Å². The first-order valence-electron chi connectivity index (χ1n) is 6.72. The third kappa shape index (κ3) is 2.78. The molecule has 2 aromatic heterocycles. The minimum atomic E-state index is 0.990. The largest absolute Gasteiger partial charge is 0.361 e. The molecular formula is C15H21N3S. The second-order valence-corrected chi connectivity index (χ2v) is 5.57. The average molecular weight is 275 g/mol. The average Bonchev–Trinajstić information content (AvgIpc) is 2.73. The van der Waals surface area contributed by atoms with Gasteiger partial charge in [0.15, 0.2) is 0 Å². The predicted molar refractivity (Wildman–Crippen MR) is 84.8 cm³/mol. The second kappa shape index (κ2) is 5.70. The number of aryl methyl sites for hydroxylation is 2. The standard InChI is InChI=1S/C15H21N3S/c1-6-18(7-2)12(5)17-13-9-19-15-14(13)10(3)8-11(4)16-15/h8-9H,6-7H2,1-5H3. The van der Waals surface area contributed by atoms with Gasteiger partial charge >= 0.3 is 0 Å². The number of aliphatic imine (C=N–C) groups is 1. The van der Waals surface area contributed by atoms with E-state index in [2.05, 4.69) is 49.0 Å². The maximum absolute atomic E-state index is 4.79. The van der Waals surface area contributed by atoms with Crippen LogP contribution >= 0.6 is 11.3 Å². The molecule has 0 amide bonds. The summed E-state index contributed by atoms with van der Waals surface area (Å²) in [4.78, 5) is 12.7. The molecule has 0 aliphatic heterocycles. The van der Waals surface area contributed by atoms with E-state index < -0.39 is 0 Å². The van der Waals surface area contributed by atoms with Gasteiger partial charge in [-0.15, -0.1) is 11.3 Å². The Kier molecular flexibility index (Phi) is 4.20. The van der Waals surface area contributed by atoms with Gasteiger partial charge in [-0.05, 0) is 46.2 Å². The Labute approximate surface area is 119 Å². The van der Waals surface area contributed by atoms with Crippen LogP contribution in [0.1, 0.15) is 32.0 Å². The quantitative estimate of drug-likeness (QED) is 0.617. The molecule has 0 aliphatic carbocycles. The molecule has 0 aliphatic rings. The molecule has 102 valence electrons. The number of aromatic nitrogens is 1. The minimum absolute atomic E-state index is 0.990. The first-order chi connectivity index (χ1) is 9.06. The zero-order chi connectivity index (χ0) is 14.0. The molecule has 2 aromatic rings. The monoisotopic (exact) mass is 275 g/mol. The molecule has 0 fully saturated rings. The highest BCUT2D eigenvalue weighted by Gasteiger charge is 2.10. The summed E-state index contributed by atoms with van der Waals surface area (Å²) in [6, 6.07) is 2.13. The van der Waals surface area contributed by atoms with E-state index >= 15 is 0 Å². The number of nitrogens with zero attached hydrogens (tertiary/aromatic N) is 3. The molecule has 3 nitrogen and oxygen atoms in total. The fourth-order valence-electron chi connectivity index (χ4n) is 2.38. The Hall–Kier alpha value is -1.42. The molecule has 0 spiro atoms. The summed E-state index contributed by atoms with van der Waals surface area (Å²) >= 11 is 1.67. The number of amidine groups is 1. The van der Waals surface area contributed by atoms with Gasteiger partial charge in [-0.25, -0.2) is 9.98 Å². The van der Waals surface area contributed by atoms with Crippen molar-refractivity contribution in [1.29, 1.82) is 0 Å². The van der Waals surface area contributed by atoms with Crippen LogP contribution in [-0.2, 0) is 0 Å². The van der Waals surface area contributed by atoms with E-state index in [0.29, 0.717) is 0 Å². The fourth-order valence-corrected chi connectivity index (χ4v) is 3.35. The summed E-state index contributed by atoms with van der Waals surface area (Å²) in [6.07, 6.45) is 0. The smallest absolute Gasteiger partial charge is 0.126 e. The Morgan fingerprint density at radius 3 is 2.63 bits per heavy atom. The van der Waals surface area contributed by atoms with Crippen molar-refractivity contribution in [2.45, 2.75) is 34.6 Å². The number of thiophene rings is 1. The van der Waals surface area contributed by atoms with Gasteiger partial charge in [-0.1, -0.05) is 0 Å². The van der Waals surface area contributed by atoms with Crippen LogP contribution in [0.4, 0.5) is 5.69 Å². The van der Waals surface area contributed by atoms with Crippen LogP contribution in [0.3, 0.4) is 0 Å². The van der Waals surface area contributed by atoms with Crippen LogP contribution in [0.2, 0.25) is 0 Å². The summed E-state index contributed by atoms with van der Waals surface area (Å²) < 4.78 is 0. The van der Waals surface area contributed by atoms with Crippen molar-refractivity contribution in [2.24, 2.45) is 4.99 Å². The molecule has 19 heavy (non-hydrogen) atoms. The Morgan fingerprint density at radius 1 is 1.32 bits per heavy atom. The van der Waals surface area contributed by atoms with Crippen molar-refractivity contribution in [3.8, 4) is 0 Å². The van der Waals surface area contributed by atoms with Crippen LogP contribution in [0.5, 0.6) is 0 Å². The van der Waals surface area contributed by atoms with Crippen molar-refractivity contribution in [3.63, 3.8) is 0 Å². The van der Waals surface area contributed by atoms with Crippen molar-refractivity contribution in [3.05, 3.63) is 22.7 Å². The molecular weight excluding hydrogens is 254 g/mol. The lowest BCUT2D eigenvalue weighted by Gasteiger charge is -2.19. The molecule has 0 unspecified atom stereocenters. The van der Waals surface area contributed by atoms with Gasteiger partial charge in [-0.3, -0.25) is 0 Å². The van der Waals surface area contributed by atoms with E-state index in [1.807, 2.05) is 6.92 Å². The van der Waals surface area contributed by atoms with Crippen LogP contribution < -0.4 is 0 Å². The van der Waals surface area contributed by atoms with Crippen molar-refractivity contribution >= 4 is 33.1 Å². The molecule has 0 atom stereocenters. The van der Waals surface area contributed by atoms with Crippen LogP contribution in [0.25, 0.3) is 10.2 Å². The summed E-state index contributed by atoms with van der Waals surface area (Å²) in [5, 5.41) is 3.30. The van der Waals surface area contributed by atoms with Crippen molar-refractivity contribution < 1.29 is 0 Å². The number of fused-ring (bicyclic) bond motifs is 1. The van der Waals surface area contributed by atoms with E-state index in [9.17, 15) is 0 Å². The maximum atomic E-state index is 4.79. The Bertz CT molecular complexity index is 609. The predicted octanol–water partition coefficient (Wildman–Crippen LogP) is 4.30. The van der Waals surface area contributed by atoms with E-state index in [-0.39, 0.29) is 0 Å². The van der Waals surface area contributed by atoms with Gasteiger partial charge in [0.25, 0.3) is 0 Å². The molecule has 0 bridgehead atoms. The van der Waals surface area contributed by atoms with Gasteiger partial charge in [0.05, 0.1) is 5.69 Å². The number of pyridine rings is 1. The first-order valence-corrected chi connectivity index (χ1v) is 7.60. The van der Waals surface area contributed by atoms with Gasteiger partial charge in [0.2, 0.25) is 0 Å². The molecule has 4 heteroatoms. The highest BCUT2D eigenvalue weighted by molar-refractivity contribution is 7.17. The van der Waals surface area contributed by atoms with Gasteiger partial charge < -0.3 is 4.90 Å². The van der Waals surface area contributed by atoms with E-state index in [1.165, 1.54) is 10.9 Å². The third-order valence-corrected chi connectivity index (χ3v) is 4.21. The highest BCUT2D eigenvalue weighted by atomic mass is 32.1. The minimum Gasteiger partial charge on any atom is -0.361 e. The van der Waals surface area contributed by atoms with Crippen LogP contribution in [0.15, 0.2) is 16.4 Å². The molecule has 0 saturated heterocycles. The lowest BCUT2D eigenvalue weighted by molar-refractivity contribution is 0.463. The van der Waals surface area contributed by atoms with E-state index in [0.717, 1.165) is 35.1 Å². The normalized spacial score (nSPS) is 12.2. The molecule has 2 heterocycles. The molecule has 0 radical (unpaired) electrons. The van der Waals surface area contributed by atoms with Gasteiger partial charge in [0.1, 0.15) is 10.7 Å². The summed E-state index contributed by atoms with van der Waals surface area (Å²) in [6.45, 7) is 12.5. The summed E-state index contributed by atoms with van der Waals surface area (Å²) in [5.41, 5.74) is 3.38. The molecule has 0 aromatic carbocycles. The molecule has 0 N–H and O–H groups in total. The Morgan fingerprint density at radius 2 is 2.00 bits per heavy atom. The second-order valence-electron chi connectivity index (χ2n) is 4.71. The number of rotatable bonds is 3. The van der Waals surface area contributed by atoms with Gasteiger partial charge in [0, 0.05) is 29.5 Å². The molecule has 2 rings (SSSR count). The van der Waals surface area contributed by atoms with Crippen LogP contribution in [0, 0.1) is 13.8 Å². The van der Waals surface area contributed by atoms with Crippen LogP contribution in [-0.4, -0.2) is 28.8 Å². The zero-order valence-electron chi connectivity index (χ0n) is 12.3. The topological polar surface area (TPSA) is 28.5 Å². The number of hydrogen-bond donors (Lipinski definition) is 0. The van der Waals surface area contributed by atoms with Crippen molar-refractivity contribution in [1.82, 2.24) is 9.88 Å². The highest BCUT2D eigenvalue weighted by Crippen LogP contribution is 2.34. The first kappa shape index (κ1) is 14.0. The summed E-state index contributed by atoms with van der Waals surface area (Å²) in [7, 11) is 0. The SMILES string of the molecule is CCN(CC)C(C)=Nc1csc2nc(C)cc(C)c12. The third-order valence-electron chi connectivity index (χ3n) is 3.35. The zero-order valence-corrected chi connectivity index (χ0v) is 13.1. The Balaban J connectivity index is 2.49. The van der Waals surface area contributed by atoms with E-state index in [4.69, 9.17) is 4.99 Å². The maximum Gasteiger partial charge on any atom is 0.126 e. The number of hydrogen-bond acceptors (Lipinski definition) is 3. The lowest BCUT2D eigenvalue weighted by atomic mass is 10.1. The van der Waals surface area contributed by atoms with E-state index in [1.54, 1.807) is 11.3 Å². The summed E-state index contributed by atoms with van der Waals surface area (Å²) in [5.74, 6) is 1.07. The lowest BCUT2D eigenvalue weighted by Crippen LogP contribution is -2.27. The van der Waals surface area contributed by atoms with Gasteiger partial charge in [-0.2, -0.15) is 0 Å².